The van der Waals surface area contributed by atoms with Crippen LogP contribution in [-0.2, 0) is 6.54 Å². The zero-order valence-corrected chi connectivity index (χ0v) is 14.5. The Hall–Kier alpha value is -1.73. The first-order chi connectivity index (χ1) is 11.8. The second-order valence-corrected chi connectivity index (χ2v) is 7.83. The number of rotatable bonds is 6. The molecular weight excluding hydrogens is 322 g/mol. The molecule has 1 amide bonds. The van der Waals surface area contributed by atoms with Gasteiger partial charge in [-0.2, -0.15) is 0 Å². The fraction of sp³-hybridized carbons (Fsp3) is 0.588. The SMILES string of the molecule is O=C(c1cn(Cc2cccs2)nn1)N1CCC(NCC2CC2)CC1. The quantitative estimate of drug-likeness (QED) is 0.870. The summed E-state index contributed by atoms with van der Waals surface area (Å²) in [6.45, 7) is 3.43. The summed E-state index contributed by atoms with van der Waals surface area (Å²) in [5, 5.41) is 13.8. The lowest BCUT2D eigenvalue weighted by Crippen LogP contribution is -2.45. The maximum atomic E-state index is 12.6. The van der Waals surface area contributed by atoms with Crippen molar-refractivity contribution in [3.8, 4) is 0 Å². The molecule has 6 nitrogen and oxygen atoms in total. The van der Waals surface area contributed by atoms with Crippen molar-refractivity contribution in [3.63, 3.8) is 0 Å². The van der Waals surface area contributed by atoms with E-state index in [4.69, 9.17) is 0 Å². The van der Waals surface area contributed by atoms with Crippen molar-refractivity contribution >= 4 is 17.2 Å². The Kier molecular flexibility index (Phi) is 4.62. The van der Waals surface area contributed by atoms with Gasteiger partial charge in [-0.1, -0.05) is 11.3 Å². The van der Waals surface area contributed by atoms with Gasteiger partial charge in [0.1, 0.15) is 0 Å². The number of nitrogens with one attached hydrogen (secondary N) is 1. The third-order valence-corrected chi connectivity index (χ3v) is 5.69. The van der Waals surface area contributed by atoms with Gasteiger partial charge in [-0.15, -0.1) is 16.4 Å². The van der Waals surface area contributed by atoms with Gasteiger partial charge < -0.3 is 10.2 Å². The van der Waals surface area contributed by atoms with E-state index in [-0.39, 0.29) is 5.91 Å². The van der Waals surface area contributed by atoms with Gasteiger partial charge in [0.05, 0.1) is 12.7 Å². The van der Waals surface area contributed by atoms with Gasteiger partial charge in [0.15, 0.2) is 5.69 Å². The van der Waals surface area contributed by atoms with Crippen LogP contribution in [0.1, 0.15) is 41.0 Å². The first-order valence-electron chi connectivity index (χ1n) is 8.73. The highest BCUT2D eigenvalue weighted by atomic mass is 32.1. The fourth-order valence-electron chi connectivity index (χ4n) is 3.14. The topological polar surface area (TPSA) is 63.1 Å². The van der Waals surface area contributed by atoms with E-state index < -0.39 is 0 Å². The minimum absolute atomic E-state index is 0.00747. The summed E-state index contributed by atoms with van der Waals surface area (Å²) < 4.78 is 1.74. The molecule has 0 bridgehead atoms. The molecular formula is C17H23N5OS. The minimum Gasteiger partial charge on any atom is -0.337 e. The van der Waals surface area contributed by atoms with E-state index in [0.717, 1.165) is 38.4 Å². The van der Waals surface area contributed by atoms with Crippen molar-refractivity contribution in [2.24, 2.45) is 5.92 Å². The van der Waals surface area contributed by atoms with Crippen LogP contribution < -0.4 is 5.32 Å². The lowest BCUT2D eigenvalue weighted by Gasteiger charge is -2.32. The molecule has 0 aromatic carbocycles. The Balaban J connectivity index is 1.28. The Morgan fingerprint density at radius 2 is 2.12 bits per heavy atom. The molecule has 0 spiro atoms. The van der Waals surface area contributed by atoms with Gasteiger partial charge >= 0.3 is 0 Å². The van der Waals surface area contributed by atoms with Crippen LogP contribution in [0.2, 0.25) is 0 Å². The average Bonchev–Trinajstić information content (AvgIpc) is 3.08. The third kappa shape index (κ3) is 3.84. The number of hydrogen-bond donors (Lipinski definition) is 1. The van der Waals surface area contributed by atoms with Crippen molar-refractivity contribution < 1.29 is 4.79 Å². The number of carbonyl (C=O) groups excluding carboxylic acids is 1. The van der Waals surface area contributed by atoms with Gasteiger partial charge in [-0.3, -0.25) is 4.79 Å². The van der Waals surface area contributed by atoms with E-state index >= 15 is 0 Å². The molecule has 1 saturated heterocycles. The number of piperidine rings is 1. The number of amides is 1. The maximum absolute atomic E-state index is 12.6. The summed E-state index contributed by atoms with van der Waals surface area (Å²) in [5.74, 6) is 0.913. The van der Waals surface area contributed by atoms with E-state index in [0.29, 0.717) is 18.3 Å². The second-order valence-electron chi connectivity index (χ2n) is 6.80. The first-order valence-corrected chi connectivity index (χ1v) is 9.61. The molecule has 3 heterocycles. The monoisotopic (exact) mass is 345 g/mol. The number of likely N-dealkylation sites (tertiary alicyclic amines) is 1. The zero-order chi connectivity index (χ0) is 16.4. The molecule has 1 aliphatic carbocycles. The molecule has 4 rings (SSSR count). The Labute approximate surface area is 145 Å². The third-order valence-electron chi connectivity index (χ3n) is 4.83. The molecule has 2 aliphatic rings. The average molecular weight is 345 g/mol. The predicted molar refractivity (Wildman–Crippen MR) is 93.1 cm³/mol. The number of carbonyl (C=O) groups is 1. The van der Waals surface area contributed by atoms with Gasteiger partial charge in [0, 0.05) is 24.0 Å². The van der Waals surface area contributed by atoms with E-state index in [2.05, 4.69) is 21.7 Å². The summed E-state index contributed by atoms with van der Waals surface area (Å²) in [5.41, 5.74) is 0.455. The Morgan fingerprint density at radius 1 is 1.29 bits per heavy atom. The summed E-state index contributed by atoms with van der Waals surface area (Å²) in [6, 6.07) is 4.64. The number of aromatic nitrogens is 3. The van der Waals surface area contributed by atoms with Gasteiger partial charge in [-0.05, 0) is 49.6 Å². The number of nitrogens with zero attached hydrogens (tertiary/aromatic N) is 4. The van der Waals surface area contributed by atoms with Crippen molar-refractivity contribution in [1.29, 1.82) is 0 Å². The van der Waals surface area contributed by atoms with Gasteiger partial charge in [-0.25, -0.2) is 4.68 Å². The van der Waals surface area contributed by atoms with E-state index in [1.165, 1.54) is 17.7 Å². The van der Waals surface area contributed by atoms with Crippen molar-refractivity contribution in [1.82, 2.24) is 25.2 Å². The molecule has 128 valence electrons. The van der Waals surface area contributed by atoms with Crippen LogP contribution in [0.15, 0.2) is 23.7 Å². The van der Waals surface area contributed by atoms with Crippen LogP contribution in [0, 0.1) is 5.92 Å². The van der Waals surface area contributed by atoms with E-state index in [1.54, 1.807) is 22.2 Å². The van der Waals surface area contributed by atoms with Gasteiger partial charge in [0.2, 0.25) is 0 Å². The molecule has 2 fully saturated rings. The summed E-state index contributed by atoms with van der Waals surface area (Å²) in [4.78, 5) is 15.7. The Bertz CT molecular complexity index is 671. The molecule has 0 unspecified atom stereocenters. The summed E-state index contributed by atoms with van der Waals surface area (Å²) in [6.07, 6.45) is 6.58. The molecule has 1 N–H and O–H groups in total. The number of thiophene rings is 1. The molecule has 24 heavy (non-hydrogen) atoms. The summed E-state index contributed by atoms with van der Waals surface area (Å²) in [7, 11) is 0. The van der Waals surface area contributed by atoms with Crippen molar-refractivity contribution in [3.05, 3.63) is 34.3 Å². The highest BCUT2D eigenvalue weighted by molar-refractivity contribution is 7.09. The predicted octanol–water partition coefficient (Wildman–Crippen LogP) is 1.99. The Morgan fingerprint density at radius 3 is 2.83 bits per heavy atom. The van der Waals surface area contributed by atoms with Crippen molar-refractivity contribution in [2.45, 2.75) is 38.3 Å². The van der Waals surface area contributed by atoms with Crippen LogP contribution in [0.5, 0.6) is 0 Å². The van der Waals surface area contributed by atoms with E-state index in [9.17, 15) is 4.79 Å². The largest absolute Gasteiger partial charge is 0.337 e. The molecule has 7 heteroatoms. The fourth-order valence-corrected chi connectivity index (χ4v) is 3.84. The maximum Gasteiger partial charge on any atom is 0.276 e. The van der Waals surface area contributed by atoms with Crippen LogP contribution in [0.3, 0.4) is 0 Å². The van der Waals surface area contributed by atoms with Gasteiger partial charge in [0.25, 0.3) is 5.91 Å². The van der Waals surface area contributed by atoms with E-state index in [1.807, 2.05) is 16.3 Å². The minimum atomic E-state index is 0.00747. The molecule has 0 radical (unpaired) electrons. The molecule has 1 aliphatic heterocycles. The normalized spacial score (nSPS) is 18.9. The zero-order valence-electron chi connectivity index (χ0n) is 13.7. The van der Waals surface area contributed by atoms with Crippen LogP contribution in [0.4, 0.5) is 0 Å². The van der Waals surface area contributed by atoms with Crippen LogP contribution in [0.25, 0.3) is 0 Å². The lowest BCUT2D eigenvalue weighted by atomic mass is 10.0. The van der Waals surface area contributed by atoms with Crippen molar-refractivity contribution in [2.75, 3.05) is 19.6 Å². The molecule has 2 aromatic heterocycles. The first kappa shape index (κ1) is 15.8. The highest BCUT2D eigenvalue weighted by Gasteiger charge is 2.27. The molecule has 0 atom stereocenters. The number of hydrogen-bond acceptors (Lipinski definition) is 5. The summed E-state index contributed by atoms with van der Waals surface area (Å²) >= 11 is 1.68. The van der Waals surface area contributed by atoms with Crippen LogP contribution >= 0.6 is 11.3 Å². The standard InChI is InChI=1S/C17H23N5OS/c23-17(16-12-22(20-19-16)11-15-2-1-9-24-15)21-7-5-14(6-8-21)18-10-13-3-4-13/h1-2,9,12-14,18H,3-8,10-11H2. The molecule has 1 saturated carbocycles. The lowest BCUT2D eigenvalue weighted by molar-refractivity contribution is 0.0699. The molecule has 2 aromatic rings. The second kappa shape index (κ2) is 7.03. The van der Waals surface area contributed by atoms with Crippen LogP contribution in [-0.4, -0.2) is 51.5 Å². The smallest absolute Gasteiger partial charge is 0.276 e. The highest BCUT2D eigenvalue weighted by Crippen LogP contribution is 2.28.